The third-order valence-electron chi connectivity index (χ3n) is 3.99. The third-order valence-corrected chi connectivity index (χ3v) is 8.16. The Balaban J connectivity index is 2.24. The molecule has 1 atom stereocenters. The van der Waals surface area contributed by atoms with E-state index >= 15 is 0 Å². The smallest absolute Gasteiger partial charge is 0.254 e. The first-order chi connectivity index (χ1) is 11.5. The van der Waals surface area contributed by atoms with E-state index in [1.54, 1.807) is 0 Å². The first kappa shape index (κ1) is 19.8. The van der Waals surface area contributed by atoms with Crippen LogP contribution in [-0.4, -0.2) is 71.6 Å². The number of sulfone groups is 2. The van der Waals surface area contributed by atoms with Gasteiger partial charge < -0.3 is 10.2 Å². The molecule has 1 saturated heterocycles. The van der Waals surface area contributed by atoms with Gasteiger partial charge >= 0.3 is 0 Å². The number of carbonyl (C=O) groups excluding carboxylic acids is 1. The first-order valence-corrected chi connectivity index (χ1v) is 11.1. The summed E-state index contributed by atoms with van der Waals surface area (Å²) in [6.45, 7) is 0.828. The summed E-state index contributed by atoms with van der Waals surface area (Å²) in [6.07, 6.45) is 0.00636. The molecule has 1 heterocycles. The molecule has 1 aliphatic rings. The molecule has 10 heteroatoms. The van der Waals surface area contributed by atoms with Crippen LogP contribution in [0.4, 0.5) is 4.39 Å². The van der Waals surface area contributed by atoms with E-state index in [2.05, 4.69) is 5.32 Å². The minimum absolute atomic E-state index is 0.00636. The SMILES string of the molecule is CN(C)CCNC(=O)c1cc(S(=O)(=O)C2CCS(=O)(=O)C2)ccc1F. The predicted molar refractivity (Wildman–Crippen MR) is 91.5 cm³/mol. The zero-order valence-electron chi connectivity index (χ0n) is 14.0. The second-order valence-electron chi connectivity index (χ2n) is 6.27. The van der Waals surface area contributed by atoms with Gasteiger partial charge in [0.15, 0.2) is 19.7 Å². The fourth-order valence-electron chi connectivity index (χ4n) is 2.54. The lowest BCUT2D eigenvalue weighted by Gasteiger charge is -2.13. The summed E-state index contributed by atoms with van der Waals surface area (Å²) in [5.74, 6) is -2.18. The van der Waals surface area contributed by atoms with E-state index in [1.807, 2.05) is 19.0 Å². The van der Waals surface area contributed by atoms with Crippen LogP contribution in [0.25, 0.3) is 0 Å². The monoisotopic (exact) mass is 392 g/mol. The molecule has 1 fully saturated rings. The summed E-state index contributed by atoms with van der Waals surface area (Å²) in [5, 5.41) is 1.46. The van der Waals surface area contributed by atoms with Gasteiger partial charge in [-0.05, 0) is 38.7 Å². The van der Waals surface area contributed by atoms with Gasteiger partial charge in [0.1, 0.15) is 5.82 Å². The number of benzene rings is 1. The highest BCUT2D eigenvalue weighted by atomic mass is 32.2. The maximum absolute atomic E-state index is 13.9. The molecule has 0 aromatic heterocycles. The van der Waals surface area contributed by atoms with Crippen molar-refractivity contribution < 1.29 is 26.0 Å². The van der Waals surface area contributed by atoms with Crippen molar-refractivity contribution in [3.8, 4) is 0 Å². The average Bonchev–Trinajstić information content (AvgIpc) is 2.88. The molecule has 0 saturated carbocycles. The normalized spacial score (nSPS) is 19.9. The van der Waals surface area contributed by atoms with Crippen molar-refractivity contribution in [3.05, 3.63) is 29.6 Å². The van der Waals surface area contributed by atoms with Crippen LogP contribution in [0, 0.1) is 5.82 Å². The molecule has 0 spiro atoms. The van der Waals surface area contributed by atoms with Crippen molar-refractivity contribution in [2.24, 2.45) is 0 Å². The van der Waals surface area contributed by atoms with Gasteiger partial charge in [-0.1, -0.05) is 0 Å². The van der Waals surface area contributed by atoms with Gasteiger partial charge in [0, 0.05) is 13.1 Å². The highest BCUT2D eigenvalue weighted by Gasteiger charge is 2.38. The van der Waals surface area contributed by atoms with E-state index in [0.717, 1.165) is 18.2 Å². The average molecular weight is 392 g/mol. The predicted octanol–water partition coefficient (Wildman–Crippen LogP) is 0.0779. The van der Waals surface area contributed by atoms with Gasteiger partial charge in [-0.15, -0.1) is 0 Å². The Morgan fingerprint density at radius 1 is 1.36 bits per heavy atom. The molecule has 1 aliphatic heterocycles. The highest BCUT2D eigenvalue weighted by molar-refractivity contribution is 7.96. The lowest BCUT2D eigenvalue weighted by atomic mass is 10.2. The second kappa shape index (κ2) is 7.38. The van der Waals surface area contributed by atoms with Crippen LogP contribution < -0.4 is 5.32 Å². The number of amides is 1. The highest BCUT2D eigenvalue weighted by Crippen LogP contribution is 2.26. The van der Waals surface area contributed by atoms with Crippen molar-refractivity contribution in [1.82, 2.24) is 10.2 Å². The molecule has 1 N–H and O–H groups in total. The molecule has 1 unspecified atom stereocenters. The summed E-state index contributed by atoms with van der Waals surface area (Å²) in [5.41, 5.74) is -0.374. The fraction of sp³-hybridized carbons (Fsp3) is 0.533. The van der Waals surface area contributed by atoms with Crippen molar-refractivity contribution in [3.63, 3.8) is 0 Å². The lowest BCUT2D eigenvalue weighted by Crippen LogP contribution is -2.32. The standard InChI is InChI=1S/C15H21FN2O5S2/c1-18(2)7-6-17-15(19)13-9-11(3-4-14(13)16)25(22,23)12-5-8-24(20,21)10-12/h3-4,9,12H,5-8,10H2,1-2H3,(H,17,19). The van der Waals surface area contributed by atoms with Crippen molar-refractivity contribution in [2.75, 3.05) is 38.7 Å². The van der Waals surface area contributed by atoms with Gasteiger partial charge in [0.2, 0.25) is 0 Å². The first-order valence-electron chi connectivity index (χ1n) is 7.70. The van der Waals surface area contributed by atoms with Gasteiger partial charge in [-0.2, -0.15) is 0 Å². The molecule has 25 heavy (non-hydrogen) atoms. The van der Waals surface area contributed by atoms with Crippen molar-refractivity contribution in [1.29, 1.82) is 0 Å². The molecule has 0 aliphatic carbocycles. The van der Waals surface area contributed by atoms with E-state index in [1.165, 1.54) is 0 Å². The zero-order valence-corrected chi connectivity index (χ0v) is 15.7. The Morgan fingerprint density at radius 3 is 2.60 bits per heavy atom. The quantitative estimate of drug-likeness (QED) is 0.688. The number of nitrogens with one attached hydrogen (secondary N) is 1. The minimum atomic E-state index is -3.95. The second-order valence-corrected chi connectivity index (χ2v) is 10.7. The minimum Gasteiger partial charge on any atom is -0.351 e. The molecule has 140 valence electrons. The van der Waals surface area contributed by atoms with E-state index in [9.17, 15) is 26.0 Å². The zero-order chi connectivity index (χ0) is 18.8. The summed E-state index contributed by atoms with van der Waals surface area (Å²) in [7, 11) is -3.70. The molecule has 0 bridgehead atoms. The Kier molecular flexibility index (Phi) is 5.85. The molecule has 1 aromatic rings. The van der Waals surface area contributed by atoms with Gasteiger partial charge in [0.25, 0.3) is 5.91 Å². The Morgan fingerprint density at radius 2 is 2.04 bits per heavy atom. The Hall–Kier alpha value is -1.52. The molecule has 7 nitrogen and oxygen atoms in total. The summed E-state index contributed by atoms with van der Waals surface area (Å²) >= 11 is 0. The third kappa shape index (κ3) is 4.77. The van der Waals surface area contributed by atoms with E-state index < -0.39 is 42.4 Å². The summed E-state index contributed by atoms with van der Waals surface area (Å²) in [6, 6.07) is 2.95. The topological polar surface area (TPSA) is 101 Å². The van der Waals surface area contributed by atoms with Gasteiger partial charge in [0.05, 0.1) is 27.2 Å². The molecule has 1 aromatic carbocycles. The van der Waals surface area contributed by atoms with Crippen LogP contribution in [-0.2, 0) is 19.7 Å². The largest absolute Gasteiger partial charge is 0.351 e. The number of hydrogen-bond donors (Lipinski definition) is 1. The molecular weight excluding hydrogens is 371 g/mol. The lowest BCUT2D eigenvalue weighted by molar-refractivity contribution is 0.0946. The number of rotatable bonds is 6. The molecule has 0 radical (unpaired) electrons. The number of hydrogen-bond acceptors (Lipinski definition) is 6. The maximum Gasteiger partial charge on any atom is 0.254 e. The van der Waals surface area contributed by atoms with Crippen molar-refractivity contribution >= 4 is 25.6 Å². The van der Waals surface area contributed by atoms with Gasteiger partial charge in [-0.25, -0.2) is 21.2 Å². The molecular formula is C15H21FN2O5S2. The Labute approximate surface area is 147 Å². The van der Waals surface area contributed by atoms with Crippen molar-refractivity contribution in [2.45, 2.75) is 16.6 Å². The number of carbonyl (C=O) groups is 1. The van der Waals surface area contributed by atoms with Crippen LogP contribution in [0.3, 0.4) is 0 Å². The van der Waals surface area contributed by atoms with E-state index in [-0.39, 0.29) is 29.2 Å². The number of likely N-dealkylation sites (N-methyl/N-ethyl adjacent to an activating group) is 1. The number of nitrogens with zero attached hydrogens (tertiary/aromatic N) is 1. The van der Waals surface area contributed by atoms with Crippen LogP contribution in [0.2, 0.25) is 0 Å². The molecule has 1 amide bonds. The maximum atomic E-state index is 13.9. The van der Waals surface area contributed by atoms with Crippen LogP contribution in [0.5, 0.6) is 0 Å². The van der Waals surface area contributed by atoms with Gasteiger partial charge in [-0.3, -0.25) is 4.79 Å². The molecule has 2 rings (SSSR count). The fourth-order valence-corrected chi connectivity index (χ4v) is 6.93. The van der Waals surface area contributed by atoms with E-state index in [0.29, 0.717) is 6.54 Å². The Bertz CT molecular complexity index is 866. The summed E-state index contributed by atoms with van der Waals surface area (Å²) < 4.78 is 62.2. The van der Waals surface area contributed by atoms with Crippen LogP contribution in [0.15, 0.2) is 23.1 Å². The summed E-state index contributed by atoms with van der Waals surface area (Å²) in [4.78, 5) is 13.7. The van der Waals surface area contributed by atoms with E-state index in [4.69, 9.17) is 0 Å². The van der Waals surface area contributed by atoms with Crippen LogP contribution >= 0.6 is 0 Å². The number of halogens is 1. The van der Waals surface area contributed by atoms with Crippen LogP contribution in [0.1, 0.15) is 16.8 Å².